The van der Waals surface area contributed by atoms with Crippen molar-refractivity contribution < 1.29 is 15.0 Å². The minimum atomic E-state index is -0.853. The van der Waals surface area contributed by atoms with Gasteiger partial charge in [-0.15, -0.1) is 0 Å². The van der Waals surface area contributed by atoms with Crippen LogP contribution >= 0.6 is 0 Å². The molecule has 0 aliphatic heterocycles. The highest BCUT2D eigenvalue weighted by molar-refractivity contribution is 5.66. The summed E-state index contributed by atoms with van der Waals surface area (Å²) < 4.78 is 0. The largest absolute Gasteiger partial charge is 0.481 e. The SMILES string of the molecule is CCCCCCCC/C=C\[C@H](O)CCC(=O)O. The predicted octanol–water partition coefficient (Wildman–Crippen LogP) is 3.52. The fourth-order valence-corrected chi connectivity index (χ4v) is 1.66. The molecule has 0 fully saturated rings. The highest BCUT2D eigenvalue weighted by Gasteiger charge is 2.02. The first kappa shape index (κ1) is 16.2. The van der Waals surface area contributed by atoms with Gasteiger partial charge < -0.3 is 10.2 Å². The molecule has 2 N–H and O–H groups in total. The summed E-state index contributed by atoms with van der Waals surface area (Å²) in [5, 5.41) is 17.9. The standard InChI is InChI=1S/C14H26O3/c1-2-3-4-5-6-7-8-9-10-13(15)11-12-14(16)17/h9-10,13,15H,2-8,11-12H2,1H3,(H,16,17)/b10-9-/t13-/m0/s1. The molecule has 0 aromatic heterocycles. The second kappa shape index (κ2) is 11.6. The molecule has 0 saturated carbocycles. The van der Waals surface area contributed by atoms with E-state index >= 15 is 0 Å². The van der Waals surface area contributed by atoms with E-state index in [4.69, 9.17) is 5.11 Å². The molecule has 100 valence electrons. The number of carbonyl (C=O) groups is 1. The summed E-state index contributed by atoms with van der Waals surface area (Å²) >= 11 is 0. The van der Waals surface area contributed by atoms with E-state index in [1.807, 2.05) is 6.08 Å². The summed E-state index contributed by atoms with van der Waals surface area (Å²) in [5.41, 5.74) is 0. The minimum Gasteiger partial charge on any atom is -0.481 e. The lowest BCUT2D eigenvalue weighted by atomic mass is 10.1. The molecule has 0 radical (unpaired) electrons. The average Bonchev–Trinajstić information content (AvgIpc) is 2.30. The van der Waals surface area contributed by atoms with Crippen molar-refractivity contribution in [3.05, 3.63) is 12.2 Å². The lowest BCUT2D eigenvalue weighted by Crippen LogP contribution is -2.05. The zero-order chi connectivity index (χ0) is 12.9. The van der Waals surface area contributed by atoms with Crippen molar-refractivity contribution >= 4 is 5.97 Å². The summed E-state index contributed by atoms with van der Waals surface area (Å²) in [4.78, 5) is 10.3. The number of hydrogen-bond acceptors (Lipinski definition) is 2. The van der Waals surface area contributed by atoms with E-state index in [1.165, 1.54) is 32.1 Å². The summed E-state index contributed by atoms with van der Waals surface area (Å²) in [7, 11) is 0. The van der Waals surface area contributed by atoms with Crippen LogP contribution in [-0.2, 0) is 4.79 Å². The Morgan fingerprint density at radius 2 is 1.82 bits per heavy atom. The van der Waals surface area contributed by atoms with E-state index in [2.05, 4.69) is 6.92 Å². The molecule has 3 heteroatoms. The Morgan fingerprint density at radius 3 is 2.47 bits per heavy atom. The highest BCUT2D eigenvalue weighted by atomic mass is 16.4. The van der Waals surface area contributed by atoms with Crippen LogP contribution in [0.1, 0.15) is 64.7 Å². The molecule has 0 spiro atoms. The summed E-state index contributed by atoms with van der Waals surface area (Å²) in [5.74, 6) is -0.853. The fourth-order valence-electron chi connectivity index (χ4n) is 1.66. The van der Waals surface area contributed by atoms with Crippen LogP contribution in [-0.4, -0.2) is 22.3 Å². The summed E-state index contributed by atoms with van der Waals surface area (Å²) in [6, 6.07) is 0. The maximum Gasteiger partial charge on any atom is 0.303 e. The fraction of sp³-hybridized carbons (Fsp3) is 0.786. The van der Waals surface area contributed by atoms with Crippen LogP contribution in [0.2, 0.25) is 0 Å². The predicted molar refractivity (Wildman–Crippen MR) is 70.0 cm³/mol. The first-order chi connectivity index (χ1) is 8.16. The van der Waals surface area contributed by atoms with E-state index in [1.54, 1.807) is 6.08 Å². The van der Waals surface area contributed by atoms with Gasteiger partial charge in [0.05, 0.1) is 6.10 Å². The monoisotopic (exact) mass is 242 g/mol. The van der Waals surface area contributed by atoms with Crippen LogP contribution < -0.4 is 0 Å². The molecule has 0 rings (SSSR count). The molecule has 1 atom stereocenters. The average molecular weight is 242 g/mol. The van der Waals surface area contributed by atoms with Gasteiger partial charge in [-0.1, -0.05) is 51.2 Å². The molecule has 17 heavy (non-hydrogen) atoms. The minimum absolute atomic E-state index is 0.0303. The topological polar surface area (TPSA) is 57.5 Å². The van der Waals surface area contributed by atoms with Crippen LogP contribution in [0.5, 0.6) is 0 Å². The molecule has 3 nitrogen and oxygen atoms in total. The number of aliphatic hydroxyl groups excluding tert-OH is 1. The van der Waals surface area contributed by atoms with Crippen molar-refractivity contribution in [2.75, 3.05) is 0 Å². The van der Waals surface area contributed by atoms with Crippen molar-refractivity contribution in [1.29, 1.82) is 0 Å². The Balaban J connectivity index is 3.31. The molecule has 0 aromatic rings. The van der Waals surface area contributed by atoms with Crippen molar-refractivity contribution in [3.8, 4) is 0 Å². The summed E-state index contributed by atoms with van der Waals surface area (Å²) in [6.07, 6.45) is 12.0. The molecule has 0 unspecified atom stereocenters. The number of carboxylic acids is 1. The van der Waals surface area contributed by atoms with Crippen LogP contribution in [0.3, 0.4) is 0 Å². The zero-order valence-electron chi connectivity index (χ0n) is 10.9. The van der Waals surface area contributed by atoms with Crippen molar-refractivity contribution in [3.63, 3.8) is 0 Å². The maximum atomic E-state index is 10.3. The van der Waals surface area contributed by atoms with Gasteiger partial charge in [-0.3, -0.25) is 4.79 Å². The number of hydrogen-bond donors (Lipinski definition) is 2. The van der Waals surface area contributed by atoms with E-state index in [0.29, 0.717) is 6.42 Å². The molecular weight excluding hydrogens is 216 g/mol. The summed E-state index contributed by atoms with van der Waals surface area (Å²) in [6.45, 7) is 2.21. The lowest BCUT2D eigenvalue weighted by molar-refractivity contribution is -0.137. The number of aliphatic hydroxyl groups is 1. The van der Waals surface area contributed by atoms with Gasteiger partial charge in [0, 0.05) is 6.42 Å². The van der Waals surface area contributed by atoms with Gasteiger partial charge in [0.15, 0.2) is 0 Å². The molecule has 0 aliphatic rings. The van der Waals surface area contributed by atoms with E-state index < -0.39 is 12.1 Å². The Labute approximate surface area is 105 Å². The van der Waals surface area contributed by atoms with Gasteiger partial charge >= 0.3 is 5.97 Å². The molecule has 0 aliphatic carbocycles. The van der Waals surface area contributed by atoms with Gasteiger partial charge in [-0.2, -0.15) is 0 Å². The highest BCUT2D eigenvalue weighted by Crippen LogP contribution is 2.08. The lowest BCUT2D eigenvalue weighted by Gasteiger charge is -2.02. The third-order valence-electron chi connectivity index (χ3n) is 2.74. The molecule has 0 heterocycles. The van der Waals surface area contributed by atoms with Crippen LogP contribution in [0, 0.1) is 0 Å². The van der Waals surface area contributed by atoms with E-state index in [0.717, 1.165) is 12.8 Å². The van der Waals surface area contributed by atoms with Gasteiger partial charge in [-0.05, 0) is 19.3 Å². The smallest absolute Gasteiger partial charge is 0.303 e. The Hall–Kier alpha value is -0.830. The Morgan fingerprint density at radius 1 is 1.18 bits per heavy atom. The quantitative estimate of drug-likeness (QED) is 0.430. The van der Waals surface area contributed by atoms with E-state index in [-0.39, 0.29) is 6.42 Å². The van der Waals surface area contributed by atoms with Gasteiger partial charge in [0.25, 0.3) is 0 Å². The van der Waals surface area contributed by atoms with Crippen molar-refractivity contribution in [2.24, 2.45) is 0 Å². The van der Waals surface area contributed by atoms with Crippen LogP contribution in [0.15, 0.2) is 12.2 Å². The Kier molecular flexibility index (Phi) is 11.1. The van der Waals surface area contributed by atoms with Crippen LogP contribution in [0.4, 0.5) is 0 Å². The molecule has 0 bridgehead atoms. The second-order valence-corrected chi connectivity index (χ2v) is 4.48. The molecule has 0 saturated heterocycles. The third kappa shape index (κ3) is 13.1. The van der Waals surface area contributed by atoms with Crippen molar-refractivity contribution in [2.45, 2.75) is 70.8 Å². The van der Waals surface area contributed by atoms with E-state index in [9.17, 15) is 9.90 Å². The number of allylic oxidation sites excluding steroid dienone is 1. The molecule has 0 amide bonds. The first-order valence-electron chi connectivity index (χ1n) is 6.73. The zero-order valence-corrected chi connectivity index (χ0v) is 10.9. The number of rotatable bonds is 11. The Bertz CT molecular complexity index is 212. The molecular formula is C14H26O3. The second-order valence-electron chi connectivity index (χ2n) is 4.48. The number of carboxylic acid groups (broad SMARTS) is 1. The first-order valence-corrected chi connectivity index (χ1v) is 6.73. The normalized spacial score (nSPS) is 13.1. The van der Waals surface area contributed by atoms with Crippen molar-refractivity contribution in [1.82, 2.24) is 0 Å². The van der Waals surface area contributed by atoms with Gasteiger partial charge in [0.1, 0.15) is 0 Å². The van der Waals surface area contributed by atoms with Gasteiger partial charge in [-0.25, -0.2) is 0 Å². The third-order valence-corrected chi connectivity index (χ3v) is 2.74. The van der Waals surface area contributed by atoms with Gasteiger partial charge in [0.2, 0.25) is 0 Å². The maximum absolute atomic E-state index is 10.3. The molecule has 0 aromatic carbocycles. The van der Waals surface area contributed by atoms with Crippen LogP contribution in [0.25, 0.3) is 0 Å². The number of unbranched alkanes of at least 4 members (excludes halogenated alkanes) is 6. The number of aliphatic carboxylic acids is 1.